The average Bonchev–Trinajstić information content (AvgIpc) is 2.94. The zero-order valence-corrected chi connectivity index (χ0v) is 14.4. The van der Waals surface area contributed by atoms with Crippen molar-refractivity contribution in [2.45, 2.75) is 18.4 Å². The predicted molar refractivity (Wildman–Crippen MR) is 92.4 cm³/mol. The fraction of sp³-hybridized carbons (Fsp3) is 0.235. The maximum absolute atomic E-state index is 12.9. The lowest BCUT2D eigenvalue weighted by Gasteiger charge is -2.11. The molecule has 7 heteroatoms. The number of nitrogens with zero attached hydrogens (tertiary/aromatic N) is 3. The highest BCUT2D eigenvalue weighted by molar-refractivity contribution is 7.90. The summed E-state index contributed by atoms with van der Waals surface area (Å²) in [6, 6.07) is 12.8. The van der Waals surface area contributed by atoms with E-state index in [4.69, 9.17) is 0 Å². The van der Waals surface area contributed by atoms with Gasteiger partial charge in [-0.1, -0.05) is 25.1 Å². The lowest BCUT2D eigenvalue weighted by molar-refractivity contribution is 0.342. The van der Waals surface area contributed by atoms with E-state index in [9.17, 15) is 13.5 Å². The Kier molecular flexibility index (Phi) is 4.29. The highest BCUT2D eigenvalue weighted by atomic mass is 32.2. The molecule has 0 bridgehead atoms. The van der Waals surface area contributed by atoms with Crippen LogP contribution in [0.3, 0.4) is 0 Å². The molecule has 1 N–H and O–H groups in total. The summed E-state index contributed by atoms with van der Waals surface area (Å²) in [5.74, 6) is 0.0829. The molecule has 1 aromatic heterocycles. The first-order valence-electron chi connectivity index (χ1n) is 7.63. The van der Waals surface area contributed by atoms with Gasteiger partial charge in [0.25, 0.3) is 10.0 Å². The van der Waals surface area contributed by atoms with E-state index in [2.05, 4.69) is 5.10 Å². The van der Waals surface area contributed by atoms with Crippen molar-refractivity contribution in [1.82, 2.24) is 14.1 Å². The number of rotatable bonds is 5. The molecule has 0 radical (unpaired) electrons. The van der Waals surface area contributed by atoms with Crippen LogP contribution in [0.5, 0.6) is 5.75 Å². The molecule has 2 aromatic carbocycles. The van der Waals surface area contributed by atoms with E-state index in [0.717, 1.165) is 10.6 Å². The van der Waals surface area contributed by atoms with Gasteiger partial charge in [0.15, 0.2) is 0 Å². The maximum Gasteiger partial charge on any atom is 0.283 e. The van der Waals surface area contributed by atoms with Gasteiger partial charge in [0.2, 0.25) is 0 Å². The number of aromatic nitrogens is 2. The summed E-state index contributed by atoms with van der Waals surface area (Å²) in [4.78, 5) is 2.20. The number of aromatic hydroxyl groups is 1. The van der Waals surface area contributed by atoms with Crippen LogP contribution in [0.15, 0.2) is 53.4 Å². The van der Waals surface area contributed by atoms with Crippen molar-refractivity contribution in [3.63, 3.8) is 0 Å². The Balaban J connectivity index is 2.22. The van der Waals surface area contributed by atoms with Gasteiger partial charge in [-0.2, -0.15) is 17.6 Å². The van der Waals surface area contributed by atoms with Gasteiger partial charge in [-0.05, 0) is 43.9 Å². The SMILES string of the molecule is CCN(C)Cc1nn(S(=O)(=O)c2ccccc2)c2ccc(O)cc12. The van der Waals surface area contributed by atoms with Crippen molar-refractivity contribution in [3.8, 4) is 5.75 Å². The summed E-state index contributed by atoms with van der Waals surface area (Å²) in [5, 5.41) is 14.8. The second-order valence-electron chi connectivity index (χ2n) is 5.64. The minimum absolute atomic E-state index is 0.0829. The van der Waals surface area contributed by atoms with Crippen LogP contribution in [0.2, 0.25) is 0 Å². The normalized spacial score (nSPS) is 12.1. The first-order valence-corrected chi connectivity index (χ1v) is 9.07. The first kappa shape index (κ1) is 16.5. The van der Waals surface area contributed by atoms with Gasteiger partial charge < -0.3 is 10.0 Å². The van der Waals surface area contributed by atoms with Gasteiger partial charge in [-0.25, -0.2) is 0 Å². The Morgan fingerprint density at radius 2 is 1.88 bits per heavy atom. The smallest absolute Gasteiger partial charge is 0.283 e. The monoisotopic (exact) mass is 345 g/mol. The molecule has 0 unspecified atom stereocenters. The van der Waals surface area contributed by atoms with Gasteiger partial charge in [0.1, 0.15) is 5.75 Å². The van der Waals surface area contributed by atoms with Gasteiger partial charge in [-0.3, -0.25) is 0 Å². The molecule has 0 amide bonds. The van der Waals surface area contributed by atoms with Crippen molar-refractivity contribution in [1.29, 1.82) is 0 Å². The first-order chi connectivity index (χ1) is 11.4. The maximum atomic E-state index is 12.9. The summed E-state index contributed by atoms with van der Waals surface area (Å²) in [6.07, 6.45) is 0. The van der Waals surface area contributed by atoms with E-state index in [1.165, 1.54) is 6.07 Å². The molecule has 6 nitrogen and oxygen atoms in total. The Morgan fingerprint density at radius 3 is 2.54 bits per heavy atom. The molecule has 0 fully saturated rings. The summed E-state index contributed by atoms with van der Waals surface area (Å²) in [6.45, 7) is 3.31. The molecule has 0 aliphatic carbocycles. The van der Waals surface area contributed by atoms with Crippen molar-refractivity contribution < 1.29 is 13.5 Å². The average molecular weight is 345 g/mol. The van der Waals surface area contributed by atoms with E-state index in [0.29, 0.717) is 23.1 Å². The Hall–Kier alpha value is -2.38. The van der Waals surface area contributed by atoms with Gasteiger partial charge in [-0.15, -0.1) is 0 Å². The van der Waals surface area contributed by atoms with Crippen LogP contribution < -0.4 is 0 Å². The highest BCUT2D eigenvalue weighted by Gasteiger charge is 2.23. The van der Waals surface area contributed by atoms with Crippen LogP contribution in [0.25, 0.3) is 10.9 Å². The third-order valence-corrected chi connectivity index (χ3v) is 5.54. The standard InChI is InChI=1S/C17H19N3O3S/c1-3-19(2)12-16-15-11-13(21)9-10-17(15)20(18-16)24(22,23)14-7-5-4-6-8-14/h4-11,21H,3,12H2,1-2H3. The van der Waals surface area contributed by atoms with Gasteiger partial charge in [0, 0.05) is 11.9 Å². The summed E-state index contributed by atoms with van der Waals surface area (Å²) in [5.41, 5.74) is 1.07. The molecular weight excluding hydrogens is 326 g/mol. The third-order valence-electron chi connectivity index (χ3n) is 3.94. The molecule has 0 aliphatic heterocycles. The number of hydrogen-bond donors (Lipinski definition) is 1. The molecule has 0 spiro atoms. The molecule has 126 valence electrons. The van der Waals surface area contributed by atoms with Crippen molar-refractivity contribution in [2.24, 2.45) is 0 Å². The highest BCUT2D eigenvalue weighted by Crippen LogP contribution is 2.27. The largest absolute Gasteiger partial charge is 0.508 e. The Bertz CT molecular complexity index is 965. The van der Waals surface area contributed by atoms with Crippen LogP contribution in [0.4, 0.5) is 0 Å². The molecule has 3 aromatic rings. The van der Waals surface area contributed by atoms with E-state index in [1.807, 2.05) is 18.9 Å². The van der Waals surface area contributed by atoms with E-state index < -0.39 is 10.0 Å². The fourth-order valence-corrected chi connectivity index (χ4v) is 3.82. The quantitative estimate of drug-likeness (QED) is 0.769. The second kappa shape index (κ2) is 6.26. The number of phenolic OH excluding ortho intramolecular Hbond substituents is 1. The van der Waals surface area contributed by atoms with E-state index in [1.54, 1.807) is 42.5 Å². The molecule has 3 rings (SSSR count). The van der Waals surface area contributed by atoms with Crippen LogP contribution >= 0.6 is 0 Å². The molecule has 0 saturated heterocycles. The Morgan fingerprint density at radius 1 is 1.17 bits per heavy atom. The van der Waals surface area contributed by atoms with Crippen LogP contribution in [0, 0.1) is 0 Å². The van der Waals surface area contributed by atoms with Crippen molar-refractivity contribution in [2.75, 3.05) is 13.6 Å². The number of hydrogen-bond acceptors (Lipinski definition) is 5. The molecule has 0 saturated carbocycles. The van der Waals surface area contributed by atoms with E-state index >= 15 is 0 Å². The van der Waals surface area contributed by atoms with E-state index in [-0.39, 0.29) is 10.6 Å². The fourth-order valence-electron chi connectivity index (χ4n) is 2.50. The zero-order valence-electron chi connectivity index (χ0n) is 13.5. The van der Waals surface area contributed by atoms with Crippen molar-refractivity contribution in [3.05, 3.63) is 54.2 Å². The summed E-state index contributed by atoms with van der Waals surface area (Å²) in [7, 11) is -1.86. The predicted octanol–water partition coefficient (Wildman–Crippen LogP) is 2.43. The van der Waals surface area contributed by atoms with Crippen LogP contribution in [0.1, 0.15) is 12.6 Å². The molecule has 24 heavy (non-hydrogen) atoms. The zero-order chi connectivity index (χ0) is 17.3. The second-order valence-corrected chi connectivity index (χ2v) is 7.41. The lowest BCUT2D eigenvalue weighted by atomic mass is 10.2. The van der Waals surface area contributed by atoms with Gasteiger partial charge >= 0.3 is 0 Å². The Labute approximate surface area is 141 Å². The molecule has 0 atom stereocenters. The van der Waals surface area contributed by atoms with Crippen LogP contribution in [-0.2, 0) is 16.6 Å². The minimum Gasteiger partial charge on any atom is -0.508 e. The number of fused-ring (bicyclic) bond motifs is 1. The lowest BCUT2D eigenvalue weighted by Crippen LogP contribution is -2.18. The molecule has 0 aliphatic rings. The van der Waals surface area contributed by atoms with Crippen molar-refractivity contribution >= 4 is 20.9 Å². The minimum atomic E-state index is -3.79. The number of phenols is 1. The van der Waals surface area contributed by atoms with Gasteiger partial charge in [0.05, 0.1) is 16.1 Å². The number of benzene rings is 2. The van der Waals surface area contributed by atoms with Crippen LogP contribution in [-0.4, -0.2) is 41.2 Å². The third kappa shape index (κ3) is 2.88. The summed E-state index contributed by atoms with van der Waals surface area (Å²) >= 11 is 0. The summed E-state index contributed by atoms with van der Waals surface area (Å²) < 4.78 is 26.9. The topological polar surface area (TPSA) is 75.4 Å². The molecule has 1 heterocycles. The molecular formula is C17H19N3O3S.